The van der Waals surface area contributed by atoms with Crippen molar-refractivity contribution in [1.82, 2.24) is 10.6 Å². The molecule has 2 N–H and O–H groups in total. The molecule has 0 aliphatic carbocycles. The van der Waals surface area contributed by atoms with E-state index < -0.39 is 47.5 Å². The van der Waals surface area contributed by atoms with E-state index in [0.29, 0.717) is 11.1 Å². The van der Waals surface area contributed by atoms with Gasteiger partial charge in [-0.2, -0.15) is 0 Å². The number of nitrogens with one attached hydrogen (secondary N) is 2. The molecule has 4 atom stereocenters. The van der Waals surface area contributed by atoms with Crippen molar-refractivity contribution in [3.05, 3.63) is 70.8 Å². The number of amides is 2. The SMILES string of the molecule is C[C@H]1OC(=O)N[C@@H]1c1ccc(F)c(F)c1.C[C@H]1OC(=O)N[C@H]1c1ccc(F)c(F)c1. The number of cyclic esters (lactones) is 2. The molecule has 0 radical (unpaired) electrons. The van der Waals surface area contributed by atoms with E-state index in [2.05, 4.69) is 10.6 Å². The van der Waals surface area contributed by atoms with E-state index in [0.717, 1.165) is 24.3 Å². The summed E-state index contributed by atoms with van der Waals surface area (Å²) in [5.41, 5.74) is 0.986. The third kappa shape index (κ3) is 4.64. The Hall–Kier alpha value is -3.30. The first kappa shape index (κ1) is 21.4. The predicted molar refractivity (Wildman–Crippen MR) is 96.4 cm³/mol. The number of ether oxygens (including phenoxy) is 2. The molecule has 0 bridgehead atoms. The quantitative estimate of drug-likeness (QED) is 0.704. The Labute approximate surface area is 169 Å². The Morgan fingerprint density at radius 1 is 0.667 bits per heavy atom. The number of alkyl carbamates (subject to hydrolysis) is 2. The van der Waals surface area contributed by atoms with Crippen molar-refractivity contribution in [3.63, 3.8) is 0 Å². The van der Waals surface area contributed by atoms with Gasteiger partial charge in [0.1, 0.15) is 12.2 Å². The lowest BCUT2D eigenvalue weighted by atomic mass is 10.0. The zero-order valence-corrected chi connectivity index (χ0v) is 15.9. The van der Waals surface area contributed by atoms with Crippen LogP contribution < -0.4 is 10.6 Å². The molecule has 30 heavy (non-hydrogen) atoms. The van der Waals surface area contributed by atoms with E-state index in [9.17, 15) is 27.2 Å². The Balaban J connectivity index is 0.000000171. The van der Waals surface area contributed by atoms with Gasteiger partial charge in [0.25, 0.3) is 0 Å². The molecule has 0 unspecified atom stereocenters. The molecule has 0 spiro atoms. The summed E-state index contributed by atoms with van der Waals surface area (Å²) in [6, 6.07) is 6.18. The Kier molecular flexibility index (Phi) is 6.14. The molecule has 6 nitrogen and oxygen atoms in total. The highest BCUT2D eigenvalue weighted by Crippen LogP contribution is 2.26. The first-order valence-electron chi connectivity index (χ1n) is 9.00. The topological polar surface area (TPSA) is 76.7 Å². The van der Waals surface area contributed by atoms with Gasteiger partial charge in [0.2, 0.25) is 0 Å². The summed E-state index contributed by atoms with van der Waals surface area (Å²) in [4.78, 5) is 21.8. The Morgan fingerprint density at radius 2 is 1.03 bits per heavy atom. The minimum atomic E-state index is -0.930. The van der Waals surface area contributed by atoms with Gasteiger partial charge in [0, 0.05) is 0 Å². The second-order valence-corrected chi connectivity index (χ2v) is 6.81. The maximum Gasteiger partial charge on any atom is 0.408 e. The lowest BCUT2D eigenvalue weighted by Gasteiger charge is -2.12. The lowest BCUT2D eigenvalue weighted by molar-refractivity contribution is 0.140. The highest BCUT2D eigenvalue weighted by molar-refractivity contribution is 5.71. The number of carbonyl (C=O) groups is 2. The van der Waals surface area contributed by atoms with Crippen LogP contribution in [0.15, 0.2) is 36.4 Å². The number of halogens is 4. The van der Waals surface area contributed by atoms with E-state index in [-0.39, 0.29) is 12.2 Å². The lowest BCUT2D eigenvalue weighted by Crippen LogP contribution is -2.21. The fourth-order valence-corrected chi connectivity index (χ4v) is 3.15. The smallest absolute Gasteiger partial charge is 0.408 e. The number of benzene rings is 2. The highest BCUT2D eigenvalue weighted by Gasteiger charge is 2.32. The number of carbonyl (C=O) groups excluding carboxylic acids is 2. The Bertz CT molecular complexity index is 894. The van der Waals surface area contributed by atoms with Gasteiger partial charge in [-0.15, -0.1) is 0 Å². The van der Waals surface area contributed by atoms with E-state index in [1.165, 1.54) is 12.1 Å². The fourth-order valence-electron chi connectivity index (χ4n) is 3.15. The third-order valence-electron chi connectivity index (χ3n) is 4.68. The average Bonchev–Trinajstić information content (AvgIpc) is 3.20. The van der Waals surface area contributed by atoms with Crippen molar-refractivity contribution in [1.29, 1.82) is 0 Å². The van der Waals surface area contributed by atoms with Gasteiger partial charge in [0.15, 0.2) is 23.3 Å². The van der Waals surface area contributed by atoms with Crippen LogP contribution in [-0.4, -0.2) is 24.4 Å². The van der Waals surface area contributed by atoms with Crippen molar-refractivity contribution in [2.75, 3.05) is 0 Å². The predicted octanol–water partition coefficient (Wildman–Crippen LogP) is 4.27. The molecule has 2 aliphatic heterocycles. The van der Waals surface area contributed by atoms with Gasteiger partial charge in [-0.1, -0.05) is 12.1 Å². The summed E-state index contributed by atoms with van der Waals surface area (Å²) >= 11 is 0. The zero-order chi connectivity index (χ0) is 22.0. The number of hydrogen-bond donors (Lipinski definition) is 2. The maximum atomic E-state index is 12.9. The normalized spacial score (nSPS) is 24.9. The van der Waals surface area contributed by atoms with E-state index in [1.54, 1.807) is 13.8 Å². The van der Waals surface area contributed by atoms with E-state index in [1.807, 2.05) is 0 Å². The summed E-state index contributed by atoms with van der Waals surface area (Å²) in [6.45, 7) is 3.37. The summed E-state index contributed by atoms with van der Waals surface area (Å²) in [7, 11) is 0. The fraction of sp³-hybridized carbons (Fsp3) is 0.300. The summed E-state index contributed by atoms with van der Waals surface area (Å²) in [6.07, 6.45) is -1.86. The van der Waals surface area contributed by atoms with Crippen molar-refractivity contribution in [2.24, 2.45) is 0 Å². The molecule has 2 aromatic carbocycles. The molecular weight excluding hydrogens is 408 g/mol. The second kappa shape index (κ2) is 8.60. The average molecular weight is 426 g/mol. The second-order valence-electron chi connectivity index (χ2n) is 6.81. The van der Waals surface area contributed by atoms with Crippen molar-refractivity contribution in [3.8, 4) is 0 Å². The van der Waals surface area contributed by atoms with Gasteiger partial charge in [-0.05, 0) is 49.2 Å². The summed E-state index contributed by atoms with van der Waals surface area (Å²) in [5.74, 6) is -3.67. The van der Waals surface area contributed by atoms with E-state index in [4.69, 9.17) is 9.47 Å². The van der Waals surface area contributed by atoms with Crippen molar-refractivity contribution < 1.29 is 36.6 Å². The minimum Gasteiger partial charge on any atom is -0.444 e. The van der Waals surface area contributed by atoms with Crippen LogP contribution in [-0.2, 0) is 9.47 Å². The number of rotatable bonds is 2. The molecule has 2 fully saturated rings. The monoisotopic (exact) mass is 426 g/mol. The molecule has 2 saturated heterocycles. The molecule has 2 heterocycles. The van der Waals surface area contributed by atoms with Gasteiger partial charge < -0.3 is 20.1 Å². The van der Waals surface area contributed by atoms with Crippen LogP contribution in [0.1, 0.15) is 37.1 Å². The summed E-state index contributed by atoms with van der Waals surface area (Å²) in [5, 5.41) is 5.03. The molecule has 4 rings (SSSR count). The van der Waals surface area contributed by atoms with Crippen LogP contribution in [0.5, 0.6) is 0 Å². The van der Waals surface area contributed by atoms with Crippen LogP contribution in [0.3, 0.4) is 0 Å². The minimum absolute atomic E-state index is 0.387. The maximum absolute atomic E-state index is 12.9. The molecule has 2 amide bonds. The van der Waals surface area contributed by atoms with E-state index >= 15 is 0 Å². The molecule has 160 valence electrons. The van der Waals surface area contributed by atoms with Crippen LogP contribution in [0.4, 0.5) is 27.2 Å². The first-order chi connectivity index (χ1) is 14.2. The standard InChI is InChI=1S/2C10H9F2NO2/c2*1-5-9(13-10(14)15-5)6-2-3-7(11)8(12)4-6/h2*2-5,9H,1H3,(H,13,14)/t5-,9+;5-,9-/m11/s1. The first-order valence-corrected chi connectivity index (χ1v) is 9.00. The Morgan fingerprint density at radius 3 is 1.30 bits per heavy atom. The molecule has 2 aromatic rings. The number of hydrogen-bond acceptors (Lipinski definition) is 4. The van der Waals surface area contributed by atoms with Crippen LogP contribution in [0, 0.1) is 23.3 Å². The zero-order valence-electron chi connectivity index (χ0n) is 15.9. The molecule has 10 heteroatoms. The highest BCUT2D eigenvalue weighted by atomic mass is 19.2. The van der Waals surface area contributed by atoms with Gasteiger partial charge in [0.05, 0.1) is 12.1 Å². The molecular formula is C20H18F4N2O4. The molecule has 2 aliphatic rings. The van der Waals surface area contributed by atoms with Crippen LogP contribution in [0.2, 0.25) is 0 Å². The third-order valence-corrected chi connectivity index (χ3v) is 4.68. The van der Waals surface area contributed by atoms with Gasteiger partial charge >= 0.3 is 12.2 Å². The van der Waals surface area contributed by atoms with Gasteiger partial charge in [-0.25, -0.2) is 27.2 Å². The van der Waals surface area contributed by atoms with Crippen molar-refractivity contribution in [2.45, 2.75) is 38.1 Å². The van der Waals surface area contributed by atoms with Crippen LogP contribution in [0.25, 0.3) is 0 Å². The molecule has 0 saturated carbocycles. The summed E-state index contributed by atoms with van der Waals surface area (Å²) < 4.78 is 60.9. The largest absolute Gasteiger partial charge is 0.444 e. The molecule has 0 aromatic heterocycles. The van der Waals surface area contributed by atoms with Gasteiger partial charge in [-0.3, -0.25) is 0 Å². The van der Waals surface area contributed by atoms with Crippen molar-refractivity contribution >= 4 is 12.2 Å². The van der Waals surface area contributed by atoms with Crippen LogP contribution >= 0.6 is 0 Å².